The molecule has 1 aromatic heterocycles. The van der Waals surface area contributed by atoms with E-state index in [1.165, 1.54) is 5.56 Å². The topological polar surface area (TPSA) is 46.9 Å². The van der Waals surface area contributed by atoms with Crippen molar-refractivity contribution in [3.63, 3.8) is 0 Å². The molecule has 15 heavy (non-hydrogen) atoms. The van der Waals surface area contributed by atoms with Gasteiger partial charge in [0.1, 0.15) is 0 Å². The van der Waals surface area contributed by atoms with Gasteiger partial charge in [-0.1, -0.05) is 0 Å². The highest BCUT2D eigenvalue weighted by Gasteiger charge is 2.10. The van der Waals surface area contributed by atoms with E-state index < -0.39 is 0 Å². The van der Waals surface area contributed by atoms with E-state index >= 15 is 0 Å². The number of nitrogens with one attached hydrogen (secondary N) is 1. The van der Waals surface area contributed by atoms with Gasteiger partial charge in [0.05, 0.1) is 5.69 Å². The van der Waals surface area contributed by atoms with E-state index in [4.69, 9.17) is 0 Å². The van der Waals surface area contributed by atoms with Crippen LogP contribution < -0.4 is 5.32 Å². The van der Waals surface area contributed by atoms with Crippen LogP contribution in [0.5, 0.6) is 0 Å². The van der Waals surface area contributed by atoms with Crippen LogP contribution in [-0.4, -0.2) is 22.2 Å². The maximum Gasteiger partial charge on any atom is 0.220 e. The first kappa shape index (κ1) is 11.8. The van der Waals surface area contributed by atoms with E-state index in [1.807, 2.05) is 32.5 Å². The van der Waals surface area contributed by atoms with Gasteiger partial charge in [-0.15, -0.1) is 0 Å². The number of amides is 1. The van der Waals surface area contributed by atoms with Gasteiger partial charge in [-0.3, -0.25) is 9.48 Å². The highest BCUT2D eigenvalue weighted by molar-refractivity contribution is 5.76. The van der Waals surface area contributed by atoms with Gasteiger partial charge in [0.25, 0.3) is 0 Å². The lowest BCUT2D eigenvalue weighted by Crippen LogP contribution is -2.22. The molecule has 0 bridgehead atoms. The number of hydrogen-bond acceptors (Lipinski definition) is 2. The van der Waals surface area contributed by atoms with Crippen molar-refractivity contribution >= 4 is 5.91 Å². The van der Waals surface area contributed by atoms with E-state index in [1.54, 1.807) is 0 Å². The molecule has 0 saturated heterocycles. The zero-order valence-electron chi connectivity index (χ0n) is 9.92. The summed E-state index contributed by atoms with van der Waals surface area (Å²) in [4.78, 5) is 11.3. The Kier molecular flexibility index (Phi) is 3.88. The lowest BCUT2D eigenvalue weighted by atomic mass is 10.1. The number of nitrogens with zero attached hydrogens (tertiary/aromatic N) is 2. The van der Waals surface area contributed by atoms with Crippen molar-refractivity contribution in [3.8, 4) is 0 Å². The van der Waals surface area contributed by atoms with Crippen LogP contribution in [0.4, 0.5) is 0 Å². The molecule has 1 aromatic rings. The van der Waals surface area contributed by atoms with Crippen molar-refractivity contribution in [3.05, 3.63) is 17.0 Å². The average molecular weight is 209 g/mol. The lowest BCUT2D eigenvalue weighted by Gasteiger charge is -2.02. The number of aromatic nitrogens is 2. The van der Waals surface area contributed by atoms with Gasteiger partial charge >= 0.3 is 0 Å². The summed E-state index contributed by atoms with van der Waals surface area (Å²) in [6.45, 7) is 6.65. The fourth-order valence-corrected chi connectivity index (χ4v) is 1.70. The minimum Gasteiger partial charge on any atom is -0.356 e. The number of carbonyl (C=O) groups is 1. The van der Waals surface area contributed by atoms with E-state index in [2.05, 4.69) is 10.4 Å². The van der Waals surface area contributed by atoms with Crippen LogP contribution >= 0.6 is 0 Å². The largest absolute Gasteiger partial charge is 0.356 e. The third-order valence-electron chi connectivity index (χ3n) is 2.63. The van der Waals surface area contributed by atoms with E-state index in [-0.39, 0.29) is 5.91 Å². The maximum atomic E-state index is 11.3. The zero-order chi connectivity index (χ0) is 11.4. The molecule has 4 heteroatoms. The second kappa shape index (κ2) is 4.96. The van der Waals surface area contributed by atoms with Gasteiger partial charge in [-0.2, -0.15) is 5.10 Å². The predicted octanol–water partition coefficient (Wildman–Crippen LogP) is 1.11. The third kappa shape index (κ3) is 2.81. The summed E-state index contributed by atoms with van der Waals surface area (Å²) in [7, 11) is 1.93. The van der Waals surface area contributed by atoms with Gasteiger partial charge in [0.15, 0.2) is 0 Å². The van der Waals surface area contributed by atoms with E-state index in [0.717, 1.165) is 17.8 Å². The Morgan fingerprint density at radius 1 is 1.47 bits per heavy atom. The Hall–Kier alpha value is -1.32. The van der Waals surface area contributed by atoms with Crippen molar-refractivity contribution < 1.29 is 4.79 Å². The number of aryl methyl sites for hydroxylation is 2. The maximum absolute atomic E-state index is 11.3. The summed E-state index contributed by atoms with van der Waals surface area (Å²) >= 11 is 0. The lowest BCUT2D eigenvalue weighted by molar-refractivity contribution is -0.120. The summed E-state index contributed by atoms with van der Waals surface area (Å²) in [5.41, 5.74) is 3.37. The summed E-state index contributed by atoms with van der Waals surface area (Å²) in [6.07, 6.45) is 1.32. The standard InChI is InChI=1S/C11H19N3O/c1-5-12-11(15)7-6-10-8(2)13-14(4)9(10)3/h5-7H2,1-4H3,(H,12,15). The summed E-state index contributed by atoms with van der Waals surface area (Å²) in [5, 5.41) is 7.11. The minimum atomic E-state index is 0.111. The van der Waals surface area contributed by atoms with Crippen LogP contribution in [0.3, 0.4) is 0 Å². The second-order valence-corrected chi connectivity index (χ2v) is 3.73. The molecule has 0 aliphatic carbocycles. The molecule has 84 valence electrons. The number of carbonyl (C=O) groups excluding carboxylic acids is 1. The van der Waals surface area contributed by atoms with Crippen LogP contribution in [0, 0.1) is 13.8 Å². The Labute approximate surface area is 90.7 Å². The minimum absolute atomic E-state index is 0.111. The first-order chi connectivity index (χ1) is 7.06. The van der Waals surface area contributed by atoms with Crippen molar-refractivity contribution in [1.29, 1.82) is 0 Å². The van der Waals surface area contributed by atoms with Gasteiger partial charge in [-0.05, 0) is 32.8 Å². The Bertz CT molecular complexity index is 355. The highest BCUT2D eigenvalue weighted by Crippen LogP contribution is 2.13. The molecular formula is C11H19N3O. The summed E-state index contributed by atoms with van der Waals surface area (Å²) < 4.78 is 1.86. The molecular weight excluding hydrogens is 190 g/mol. The van der Waals surface area contributed by atoms with Crippen molar-refractivity contribution in [1.82, 2.24) is 15.1 Å². The zero-order valence-corrected chi connectivity index (χ0v) is 9.92. The second-order valence-electron chi connectivity index (χ2n) is 3.73. The molecule has 0 radical (unpaired) electrons. The molecule has 1 N–H and O–H groups in total. The van der Waals surface area contributed by atoms with Gasteiger partial charge in [0, 0.05) is 25.7 Å². The van der Waals surface area contributed by atoms with Gasteiger partial charge < -0.3 is 5.32 Å². The molecule has 0 unspecified atom stereocenters. The first-order valence-corrected chi connectivity index (χ1v) is 5.32. The average Bonchev–Trinajstić information content (AvgIpc) is 2.40. The summed E-state index contributed by atoms with van der Waals surface area (Å²) in [5.74, 6) is 0.111. The Morgan fingerprint density at radius 3 is 2.60 bits per heavy atom. The Morgan fingerprint density at radius 2 is 2.13 bits per heavy atom. The molecule has 0 aliphatic rings. The van der Waals surface area contributed by atoms with Crippen LogP contribution in [0.2, 0.25) is 0 Å². The number of rotatable bonds is 4. The quantitative estimate of drug-likeness (QED) is 0.807. The van der Waals surface area contributed by atoms with Crippen molar-refractivity contribution in [2.45, 2.75) is 33.6 Å². The predicted molar refractivity (Wildman–Crippen MR) is 59.7 cm³/mol. The van der Waals surface area contributed by atoms with Gasteiger partial charge in [0.2, 0.25) is 5.91 Å². The molecule has 1 heterocycles. The van der Waals surface area contributed by atoms with Crippen LogP contribution in [-0.2, 0) is 18.3 Å². The SMILES string of the molecule is CCNC(=O)CCc1c(C)nn(C)c1C. The van der Waals surface area contributed by atoms with Crippen LogP contribution in [0.25, 0.3) is 0 Å². The molecule has 1 amide bonds. The molecule has 0 aromatic carbocycles. The fourth-order valence-electron chi connectivity index (χ4n) is 1.70. The Balaban J connectivity index is 2.61. The summed E-state index contributed by atoms with van der Waals surface area (Å²) in [6, 6.07) is 0. The van der Waals surface area contributed by atoms with Crippen molar-refractivity contribution in [2.24, 2.45) is 7.05 Å². The monoisotopic (exact) mass is 209 g/mol. The number of hydrogen-bond donors (Lipinski definition) is 1. The van der Waals surface area contributed by atoms with Crippen LogP contribution in [0.1, 0.15) is 30.3 Å². The van der Waals surface area contributed by atoms with E-state index in [0.29, 0.717) is 13.0 Å². The first-order valence-electron chi connectivity index (χ1n) is 5.32. The molecule has 0 aliphatic heterocycles. The van der Waals surface area contributed by atoms with Gasteiger partial charge in [-0.25, -0.2) is 0 Å². The molecule has 0 fully saturated rings. The smallest absolute Gasteiger partial charge is 0.220 e. The molecule has 0 saturated carbocycles. The third-order valence-corrected chi connectivity index (χ3v) is 2.63. The van der Waals surface area contributed by atoms with Crippen LogP contribution in [0.15, 0.2) is 0 Å². The molecule has 0 spiro atoms. The molecule has 4 nitrogen and oxygen atoms in total. The highest BCUT2D eigenvalue weighted by atomic mass is 16.1. The normalized spacial score (nSPS) is 10.4. The van der Waals surface area contributed by atoms with E-state index in [9.17, 15) is 4.79 Å². The molecule has 0 atom stereocenters. The van der Waals surface area contributed by atoms with Crippen molar-refractivity contribution in [2.75, 3.05) is 6.54 Å². The fraction of sp³-hybridized carbons (Fsp3) is 0.636. The molecule has 1 rings (SSSR count).